The average Bonchev–Trinajstić information content (AvgIpc) is 2.68. The molecule has 0 saturated heterocycles. The maximum atomic E-state index is 11.1. The van der Waals surface area contributed by atoms with Gasteiger partial charge in [0.15, 0.2) is 5.78 Å². The zero-order valence-electron chi connectivity index (χ0n) is 7.90. The number of carbonyl (C=O) groups excluding carboxylic acids is 1. The number of hydrogen-bond acceptors (Lipinski definition) is 4. The number of thiazole rings is 1. The molecule has 0 aromatic carbocycles. The van der Waals surface area contributed by atoms with E-state index in [9.17, 15) is 4.79 Å². The largest absolute Gasteiger partial charge is 0.294 e. The summed E-state index contributed by atoms with van der Waals surface area (Å²) in [6.07, 6.45) is 3.13. The highest BCUT2D eigenvalue weighted by Crippen LogP contribution is 2.24. The van der Waals surface area contributed by atoms with Crippen molar-refractivity contribution < 1.29 is 4.79 Å². The van der Waals surface area contributed by atoms with Gasteiger partial charge in [-0.2, -0.15) is 0 Å². The fourth-order valence-corrected chi connectivity index (χ4v) is 1.96. The van der Waals surface area contributed by atoms with Crippen LogP contribution in [0.2, 0.25) is 5.02 Å². The molecule has 0 spiro atoms. The van der Waals surface area contributed by atoms with Gasteiger partial charge in [-0.05, 0) is 12.1 Å². The Bertz CT molecular complexity index is 492. The molecule has 0 atom stereocenters. The third-order valence-corrected chi connectivity index (χ3v) is 3.14. The van der Waals surface area contributed by atoms with Crippen molar-refractivity contribution in [1.29, 1.82) is 0 Å². The van der Waals surface area contributed by atoms with E-state index in [-0.39, 0.29) is 5.78 Å². The fraction of sp³-hybridized carbons (Fsp3) is 0.100. The van der Waals surface area contributed by atoms with Gasteiger partial charge in [-0.25, -0.2) is 4.98 Å². The molecule has 0 unspecified atom stereocenters. The van der Waals surface area contributed by atoms with E-state index in [2.05, 4.69) is 9.97 Å². The number of carbonyl (C=O) groups is 1. The van der Waals surface area contributed by atoms with Crippen molar-refractivity contribution in [2.24, 2.45) is 0 Å². The Morgan fingerprint density at radius 3 is 2.67 bits per heavy atom. The average molecular weight is 239 g/mol. The van der Waals surface area contributed by atoms with E-state index in [1.54, 1.807) is 24.5 Å². The summed E-state index contributed by atoms with van der Waals surface area (Å²) in [4.78, 5) is 20.0. The van der Waals surface area contributed by atoms with E-state index in [1.807, 2.05) is 0 Å². The lowest BCUT2D eigenvalue weighted by atomic mass is 10.4. The molecule has 0 amide bonds. The monoisotopic (exact) mass is 238 g/mol. The zero-order valence-corrected chi connectivity index (χ0v) is 9.47. The minimum atomic E-state index is 0.0210. The molecule has 3 nitrogen and oxygen atoms in total. The van der Waals surface area contributed by atoms with Crippen molar-refractivity contribution in [1.82, 2.24) is 9.97 Å². The molecule has 2 rings (SSSR count). The Balaban J connectivity index is 2.37. The van der Waals surface area contributed by atoms with Gasteiger partial charge in [-0.1, -0.05) is 11.6 Å². The summed E-state index contributed by atoms with van der Waals surface area (Å²) in [6, 6.07) is 3.53. The number of Topliss-reactive ketones (excluding diaryl/α,β-unsaturated/α-hetero) is 1. The standard InChI is InChI=1S/C10H7ClN2OS/c1-6(14)9-5-13-10(15-9)8-3-2-7(11)4-12-8/h2-5H,1H3. The van der Waals surface area contributed by atoms with Crippen molar-refractivity contribution in [3.05, 3.63) is 34.4 Å². The third-order valence-electron chi connectivity index (χ3n) is 1.80. The van der Waals surface area contributed by atoms with Crippen LogP contribution < -0.4 is 0 Å². The molecule has 2 aromatic heterocycles. The summed E-state index contributed by atoms with van der Waals surface area (Å²) in [5, 5.41) is 1.32. The maximum absolute atomic E-state index is 11.1. The van der Waals surface area contributed by atoms with Crippen LogP contribution in [0.4, 0.5) is 0 Å². The smallest absolute Gasteiger partial charge is 0.171 e. The second-order valence-corrected chi connectivity index (χ2v) is 4.41. The molecular weight excluding hydrogens is 232 g/mol. The number of ketones is 1. The van der Waals surface area contributed by atoms with E-state index in [4.69, 9.17) is 11.6 Å². The van der Waals surface area contributed by atoms with E-state index >= 15 is 0 Å². The summed E-state index contributed by atoms with van der Waals surface area (Å²) in [6.45, 7) is 1.52. The van der Waals surface area contributed by atoms with Gasteiger partial charge < -0.3 is 0 Å². The lowest BCUT2D eigenvalue weighted by Crippen LogP contribution is -1.83. The number of halogens is 1. The van der Waals surface area contributed by atoms with Crippen LogP contribution in [-0.2, 0) is 0 Å². The van der Waals surface area contributed by atoms with Gasteiger partial charge in [-0.3, -0.25) is 9.78 Å². The Hall–Kier alpha value is -1.26. The molecule has 0 aliphatic carbocycles. The molecule has 0 aliphatic heterocycles. The Morgan fingerprint density at radius 2 is 2.13 bits per heavy atom. The second kappa shape index (κ2) is 4.08. The van der Waals surface area contributed by atoms with E-state index in [1.165, 1.54) is 18.3 Å². The van der Waals surface area contributed by atoms with Crippen LogP contribution in [0.1, 0.15) is 16.6 Å². The van der Waals surface area contributed by atoms with Crippen LogP contribution in [-0.4, -0.2) is 15.8 Å². The second-order valence-electron chi connectivity index (χ2n) is 2.95. The SMILES string of the molecule is CC(=O)c1cnc(-c2ccc(Cl)cn2)s1. The molecular formula is C10H7ClN2OS. The lowest BCUT2D eigenvalue weighted by Gasteiger charge is -1.93. The number of nitrogens with zero attached hydrogens (tertiary/aromatic N) is 2. The summed E-state index contributed by atoms with van der Waals surface area (Å²) >= 11 is 7.05. The van der Waals surface area contributed by atoms with Gasteiger partial charge in [0.25, 0.3) is 0 Å². The van der Waals surface area contributed by atoms with Crippen LogP contribution in [0.15, 0.2) is 24.5 Å². The molecule has 15 heavy (non-hydrogen) atoms. The maximum Gasteiger partial charge on any atom is 0.171 e. The first-order valence-corrected chi connectivity index (χ1v) is 5.45. The Kier molecular flexibility index (Phi) is 2.79. The van der Waals surface area contributed by atoms with Crippen molar-refractivity contribution in [2.45, 2.75) is 6.92 Å². The normalized spacial score (nSPS) is 10.3. The molecule has 2 aromatic rings. The van der Waals surface area contributed by atoms with Crippen molar-refractivity contribution in [2.75, 3.05) is 0 Å². The highest BCUT2D eigenvalue weighted by Gasteiger charge is 2.08. The molecule has 0 N–H and O–H groups in total. The van der Waals surface area contributed by atoms with Gasteiger partial charge in [-0.15, -0.1) is 11.3 Å². The quantitative estimate of drug-likeness (QED) is 0.756. The van der Waals surface area contributed by atoms with Crippen LogP contribution in [0, 0.1) is 0 Å². The Labute approximate surface area is 95.8 Å². The van der Waals surface area contributed by atoms with Crippen molar-refractivity contribution in [3.63, 3.8) is 0 Å². The van der Waals surface area contributed by atoms with Gasteiger partial charge >= 0.3 is 0 Å². The van der Waals surface area contributed by atoms with E-state index in [0.717, 1.165) is 10.7 Å². The first-order chi connectivity index (χ1) is 7.16. The van der Waals surface area contributed by atoms with Gasteiger partial charge in [0, 0.05) is 19.3 Å². The first-order valence-electron chi connectivity index (χ1n) is 4.25. The Morgan fingerprint density at radius 1 is 1.33 bits per heavy atom. The van der Waals surface area contributed by atoms with Crippen molar-refractivity contribution >= 4 is 28.7 Å². The van der Waals surface area contributed by atoms with E-state index < -0.39 is 0 Å². The van der Waals surface area contributed by atoms with Crippen LogP contribution in [0.25, 0.3) is 10.7 Å². The summed E-state index contributed by atoms with van der Waals surface area (Å²) in [5.41, 5.74) is 0.733. The summed E-state index contributed by atoms with van der Waals surface area (Å²) in [5.74, 6) is 0.0210. The molecule has 0 fully saturated rings. The molecule has 2 heterocycles. The number of rotatable bonds is 2. The minimum Gasteiger partial charge on any atom is -0.294 e. The van der Waals surface area contributed by atoms with Gasteiger partial charge in [0.05, 0.1) is 15.6 Å². The van der Waals surface area contributed by atoms with Crippen LogP contribution >= 0.6 is 22.9 Å². The molecule has 76 valence electrons. The molecule has 5 heteroatoms. The predicted molar refractivity (Wildman–Crippen MR) is 60.4 cm³/mol. The highest BCUT2D eigenvalue weighted by molar-refractivity contribution is 7.16. The number of hydrogen-bond donors (Lipinski definition) is 0. The summed E-state index contributed by atoms with van der Waals surface area (Å²) < 4.78 is 0. The van der Waals surface area contributed by atoms with Gasteiger partial charge in [0.1, 0.15) is 5.01 Å². The van der Waals surface area contributed by atoms with Crippen LogP contribution in [0.5, 0.6) is 0 Å². The summed E-state index contributed by atoms with van der Waals surface area (Å²) in [7, 11) is 0. The molecule has 0 radical (unpaired) electrons. The molecule has 0 saturated carbocycles. The number of pyridine rings is 1. The minimum absolute atomic E-state index is 0.0210. The van der Waals surface area contributed by atoms with Crippen LogP contribution in [0.3, 0.4) is 0 Å². The predicted octanol–water partition coefficient (Wildman–Crippen LogP) is 3.06. The highest BCUT2D eigenvalue weighted by atomic mass is 35.5. The lowest BCUT2D eigenvalue weighted by molar-refractivity contribution is 0.102. The molecule has 0 aliphatic rings. The topological polar surface area (TPSA) is 42.9 Å². The molecule has 0 bridgehead atoms. The van der Waals surface area contributed by atoms with E-state index in [0.29, 0.717) is 9.90 Å². The third kappa shape index (κ3) is 2.22. The first kappa shape index (κ1) is 10.3. The van der Waals surface area contributed by atoms with Crippen molar-refractivity contribution in [3.8, 4) is 10.7 Å². The number of aromatic nitrogens is 2. The van der Waals surface area contributed by atoms with Gasteiger partial charge in [0.2, 0.25) is 0 Å². The zero-order chi connectivity index (χ0) is 10.8. The fourth-order valence-electron chi connectivity index (χ4n) is 1.06.